The van der Waals surface area contributed by atoms with Gasteiger partial charge in [-0.1, -0.05) is 12.1 Å². The van der Waals surface area contributed by atoms with Crippen molar-refractivity contribution in [2.75, 3.05) is 0 Å². The van der Waals surface area contributed by atoms with E-state index < -0.39 is 6.04 Å². The van der Waals surface area contributed by atoms with E-state index in [2.05, 4.69) is 26.6 Å². The van der Waals surface area contributed by atoms with Gasteiger partial charge in [-0.05, 0) is 52.7 Å². The van der Waals surface area contributed by atoms with Gasteiger partial charge in [-0.2, -0.15) is 0 Å². The van der Waals surface area contributed by atoms with Crippen molar-refractivity contribution in [3.05, 3.63) is 56.4 Å². The zero-order valence-corrected chi connectivity index (χ0v) is 14.1. The minimum Gasteiger partial charge on any atom is -0.350 e. The molecule has 0 aliphatic carbocycles. The van der Waals surface area contributed by atoms with Gasteiger partial charge < -0.3 is 10.6 Å². The maximum atomic E-state index is 12.8. The Balaban J connectivity index is 1.84. The van der Waals surface area contributed by atoms with E-state index in [1.54, 1.807) is 31.2 Å². The van der Waals surface area contributed by atoms with Crippen LogP contribution in [0.25, 0.3) is 0 Å². The van der Waals surface area contributed by atoms with Gasteiger partial charge >= 0.3 is 0 Å². The third-order valence-electron chi connectivity index (χ3n) is 2.92. The molecule has 1 aromatic heterocycles. The largest absolute Gasteiger partial charge is 0.350 e. The van der Waals surface area contributed by atoms with Crippen molar-refractivity contribution < 1.29 is 14.0 Å². The first-order chi connectivity index (χ1) is 10.5. The van der Waals surface area contributed by atoms with Crippen LogP contribution in [-0.4, -0.2) is 17.9 Å². The van der Waals surface area contributed by atoms with Crippen molar-refractivity contribution >= 4 is 39.1 Å². The van der Waals surface area contributed by atoms with Gasteiger partial charge in [0.2, 0.25) is 5.91 Å². The first-order valence-electron chi connectivity index (χ1n) is 6.54. The summed E-state index contributed by atoms with van der Waals surface area (Å²) in [5.74, 6) is -0.911. The van der Waals surface area contributed by atoms with Gasteiger partial charge in [0.1, 0.15) is 11.9 Å². The monoisotopic (exact) mass is 384 g/mol. The van der Waals surface area contributed by atoms with Crippen molar-refractivity contribution in [2.45, 2.75) is 19.5 Å². The van der Waals surface area contributed by atoms with Crippen LogP contribution in [0.1, 0.15) is 22.2 Å². The van der Waals surface area contributed by atoms with Crippen molar-refractivity contribution in [3.8, 4) is 0 Å². The van der Waals surface area contributed by atoms with Crippen molar-refractivity contribution in [1.29, 1.82) is 0 Å². The minimum absolute atomic E-state index is 0.282. The Kier molecular flexibility index (Phi) is 5.68. The zero-order chi connectivity index (χ0) is 16.1. The van der Waals surface area contributed by atoms with Crippen LogP contribution in [0.2, 0.25) is 0 Å². The molecular formula is C15H14BrFN2O2S. The molecule has 0 aliphatic rings. The summed E-state index contributed by atoms with van der Waals surface area (Å²) in [6.45, 7) is 1.89. The Hall–Kier alpha value is -1.73. The smallest absolute Gasteiger partial charge is 0.262 e. The van der Waals surface area contributed by atoms with E-state index in [0.717, 1.165) is 9.35 Å². The van der Waals surface area contributed by atoms with Crippen LogP contribution in [0.15, 0.2) is 40.2 Å². The number of benzene rings is 1. The molecule has 1 aromatic carbocycles. The molecule has 0 bridgehead atoms. The SMILES string of the molecule is CC(NC(=O)c1ccc(Br)s1)C(=O)NCc1ccc(F)cc1. The summed E-state index contributed by atoms with van der Waals surface area (Å²) >= 11 is 4.58. The molecule has 1 atom stereocenters. The third kappa shape index (κ3) is 4.64. The Labute approximate surface area is 139 Å². The predicted octanol–water partition coefficient (Wildman–Crippen LogP) is 3.08. The van der Waals surface area contributed by atoms with Gasteiger partial charge in [-0.3, -0.25) is 9.59 Å². The lowest BCUT2D eigenvalue weighted by Crippen LogP contribution is -2.44. The minimum atomic E-state index is -0.658. The molecule has 7 heteroatoms. The Morgan fingerprint density at radius 1 is 1.23 bits per heavy atom. The van der Waals surface area contributed by atoms with Crippen LogP contribution in [0.5, 0.6) is 0 Å². The van der Waals surface area contributed by atoms with E-state index in [4.69, 9.17) is 0 Å². The van der Waals surface area contributed by atoms with E-state index in [1.807, 2.05) is 0 Å². The van der Waals surface area contributed by atoms with Crippen molar-refractivity contribution in [2.24, 2.45) is 0 Å². The molecule has 22 heavy (non-hydrogen) atoms. The lowest BCUT2D eigenvalue weighted by Gasteiger charge is -2.13. The molecule has 1 unspecified atom stereocenters. The number of halogens is 2. The van der Waals surface area contributed by atoms with E-state index >= 15 is 0 Å². The lowest BCUT2D eigenvalue weighted by atomic mass is 10.2. The van der Waals surface area contributed by atoms with Crippen LogP contribution < -0.4 is 10.6 Å². The molecular weight excluding hydrogens is 371 g/mol. The normalized spacial score (nSPS) is 11.8. The molecule has 2 amide bonds. The highest BCUT2D eigenvalue weighted by Crippen LogP contribution is 2.21. The molecule has 2 aromatic rings. The Bertz CT molecular complexity index is 672. The first-order valence-corrected chi connectivity index (χ1v) is 8.15. The van der Waals surface area contributed by atoms with Gasteiger partial charge in [0.25, 0.3) is 5.91 Å². The molecule has 4 nitrogen and oxygen atoms in total. The topological polar surface area (TPSA) is 58.2 Å². The molecule has 0 saturated heterocycles. The lowest BCUT2D eigenvalue weighted by molar-refractivity contribution is -0.122. The third-order valence-corrected chi connectivity index (χ3v) is 4.54. The van der Waals surface area contributed by atoms with E-state index in [0.29, 0.717) is 4.88 Å². The number of rotatable bonds is 5. The number of hydrogen-bond donors (Lipinski definition) is 2. The molecule has 0 spiro atoms. The fraction of sp³-hybridized carbons (Fsp3) is 0.200. The molecule has 0 saturated carbocycles. The zero-order valence-electron chi connectivity index (χ0n) is 11.7. The maximum absolute atomic E-state index is 12.8. The van der Waals surface area contributed by atoms with Crippen LogP contribution >= 0.6 is 27.3 Å². The second kappa shape index (κ2) is 7.51. The highest BCUT2D eigenvalue weighted by atomic mass is 79.9. The highest BCUT2D eigenvalue weighted by Gasteiger charge is 2.17. The van der Waals surface area contributed by atoms with Crippen LogP contribution in [0.3, 0.4) is 0 Å². The number of carbonyl (C=O) groups is 2. The molecule has 2 N–H and O–H groups in total. The van der Waals surface area contributed by atoms with Gasteiger partial charge in [0.05, 0.1) is 8.66 Å². The Morgan fingerprint density at radius 3 is 2.50 bits per heavy atom. The van der Waals surface area contributed by atoms with Crippen molar-refractivity contribution in [3.63, 3.8) is 0 Å². The van der Waals surface area contributed by atoms with E-state index in [9.17, 15) is 14.0 Å². The maximum Gasteiger partial charge on any atom is 0.262 e. The fourth-order valence-electron chi connectivity index (χ4n) is 1.71. The Morgan fingerprint density at radius 2 is 1.91 bits per heavy atom. The average Bonchev–Trinajstić information content (AvgIpc) is 2.93. The number of hydrogen-bond acceptors (Lipinski definition) is 3. The summed E-state index contributed by atoms with van der Waals surface area (Å²) in [5.41, 5.74) is 0.787. The summed E-state index contributed by atoms with van der Waals surface area (Å²) in [6.07, 6.45) is 0. The number of thiophene rings is 1. The summed E-state index contributed by atoms with van der Waals surface area (Å²) in [4.78, 5) is 24.4. The summed E-state index contributed by atoms with van der Waals surface area (Å²) in [6, 6.07) is 8.67. The predicted molar refractivity (Wildman–Crippen MR) is 87.2 cm³/mol. The highest BCUT2D eigenvalue weighted by molar-refractivity contribution is 9.11. The van der Waals surface area contributed by atoms with Crippen LogP contribution in [0.4, 0.5) is 4.39 Å². The van der Waals surface area contributed by atoms with E-state index in [1.165, 1.54) is 23.5 Å². The second-order valence-electron chi connectivity index (χ2n) is 4.64. The summed E-state index contributed by atoms with van der Waals surface area (Å²) in [7, 11) is 0. The van der Waals surface area contributed by atoms with Gasteiger partial charge in [0, 0.05) is 6.54 Å². The van der Waals surface area contributed by atoms with Crippen LogP contribution in [0, 0.1) is 5.82 Å². The standard InChI is InChI=1S/C15H14BrFN2O2S/c1-9(19-15(21)12-6-7-13(16)22-12)14(20)18-8-10-2-4-11(17)5-3-10/h2-7,9H,8H2,1H3,(H,18,20)(H,19,21). The molecule has 116 valence electrons. The fourth-order valence-corrected chi connectivity index (χ4v) is 3.00. The van der Waals surface area contributed by atoms with Gasteiger partial charge in [0.15, 0.2) is 0 Å². The molecule has 0 aliphatic heterocycles. The van der Waals surface area contributed by atoms with Gasteiger partial charge in [-0.25, -0.2) is 4.39 Å². The molecule has 2 rings (SSSR count). The average molecular weight is 385 g/mol. The summed E-state index contributed by atoms with van der Waals surface area (Å²) < 4.78 is 13.6. The number of amides is 2. The van der Waals surface area contributed by atoms with E-state index in [-0.39, 0.29) is 24.2 Å². The first kappa shape index (κ1) is 16.6. The second-order valence-corrected chi connectivity index (χ2v) is 7.11. The quantitative estimate of drug-likeness (QED) is 0.831. The van der Waals surface area contributed by atoms with Gasteiger partial charge in [-0.15, -0.1) is 11.3 Å². The number of nitrogens with one attached hydrogen (secondary N) is 2. The molecule has 1 heterocycles. The van der Waals surface area contributed by atoms with Crippen molar-refractivity contribution in [1.82, 2.24) is 10.6 Å². The molecule has 0 fully saturated rings. The summed E-state index contributed by atoms with van der Waals surface area (Å²) in [5, 5.41) is 5.33. The molecule has 0 radical (unpaired) electrons. The number of carbonyl (C=O) groups excluding carboxylic acids is 2. The van der Waals surface area contributed by atoms with Crippen LogP contribution in [-0.2, 0) is 11.3 Å².